The van der Waals surface area contributed by atoms with Gasteiger partial charge in [-0.15, -0.1) is 0 Å². The zero-order valence-electron chi connectivity index (χ0n) is 15.0. The van der Waals surface area contributed by atoms with Gasteiger partial charge < -0.3 is 4.74 Å². The van der Waals surface area contributed by atoms with Gasteiger partial charge in [-0.2, -0.15) is 4.31 Å². The monoisotopic (exact) mass is 373 g/mol. The predicted octanol–water partition coefficient (Wildman–Crippen LogP) is 3.18. The van der Waals surface area contributed by atoms with Gasteiger partial charge in [0.25, 0.3) is 0 Å². The first-order valence-electron chi connectivity index (χ1n) is 8.64. The van der Waals surface area contributed by atoms with E-state index in [9.17, 15) is 13.2 Å². The van der Waals surface area contributed by atoms with Crippen LogP contribution in [0.5, 0.6) is 5.75 Å². The molecule has 0 radical (unpaired) electrons. The summed E-state index contributed by atoms with van der Waals surface area (Å²) in [4.78, 5) is 13.0. The lowest BCUT2D eigenvalue weighted by Crippen LogP contribution is -2.41. The van der Waals surface area contributed by atoms with Crippen molar-refractivity contribution in [2.24, 2.45) is 0 Å². The molecule has 0 bridgehead atoms. The molecule has 0 N–H and O–H groups in total. The van der Waals surface area contributed by atoms with Crippen LogP contribution in [0, 0.1) is 6.92 Å². The summed E-state index contributed by atoms with van der Waals surface area (Å²) < 4.78 is 32.3. The minimum Gasteiger partial charge on any atom is -0.496 e. The van der Waals surface area contributed by atoms with Crippen molar-refractivity contribution in [1.82, 2.24) is 4.31 Å². The molecule has 1 aliphatic heterocycles. The summed E-state index contributed by atoms with van der Waals surface area (Å²) in [5.74, 6) is 0.477. The Morgan fingerprint density at radius 1 is 1.19 bits per heavy atom. The smallest absolute Gasteiger partial charge is 0.218 e. The highest BCUT2D eigenvalue weighted by Crippen LogP contribution is 2.28. The number of ketones is 1. The van der Waals surface area contributed by atoms with Crippen molar-refractivity contribution in [3.05, 3.63) is 65.2 Å². The fraction of sp³-hybridized carbons (Fsp3) is 0.350. The van der Waals surface area contributed by atoms with Crippen LogP contribution >= 0.6 is 0 Å². The zero-order chi connectivity index (χ0) is 18.7. The van der Waals surface area contributed by atoms with Gasteiger partial charge in [-0.05, 0) is 49.1 Å². The Morgan fingerprint density at radius 3 is 2.58 bits per heavy atom. The third-order valence-electron chi connectivity index (χ3n) is 4.73. The fourth-order valence-corrected chi connectivity index (χ4v) is 5.20. The SMILES string of the molecule is COc1ccc(C(=O)C2CCCN2S(=O)(=O)Cc2ccccc2)cc1C. The number of hydrogen-bond acceptors (Lipinski definition) is 4. The molecule has 1 heterocycles. The highest BCUT2D eigenvalue weighted by Gasteiger charge is 2.38. The number of hydrogen-bond donors (Lipinski definition) is 0. The van der Waals surface area contributed by atoms with Crippen LogP contribution in [0.3, 0.4) is 0 Å². The van der Waals surface area contributed by atoms with E-state index in [1.54, 1.807) is 37.4 Å². The van der Waals surface area contributed by atoms with E-state index in [-0.39, 0.29) is 11.5 Å². The standard InChI is InChI=1S/C20H23NO4S/c1-15-13-17(10-11-19(15)25-2)20(22)18-9-6-12-21(18)26(23,24)14-16-7-4-3-5-8-16/h3-5,7-8,10-11,13,18H,6,9,12,14H2,1-2H3. The maximum atomic E-state index is 13.0. The summed E-state index contributed by atoms with van der Waals surface area (Å²) in [5, 5.41) is 0. The summed E-state index contributed by atoms with van der Waals surface area (Å²) in [7, 11) is -1.97. The molecule has 0 aliphatic carbocycles. The number of ether oxygens (including phenoxy) is 1. The second-order valence-corrected chi connectivity index (χ2v) is 8.48. The van der Waals surface area contributed by atoms with Crippen molar-refractivity contribution >= 4 is 15.8 Å². The largest absolute Gasteiger partial charge is 0.496 e. The third kappa shape index (κ3) is 3.81. The van der Waals surface area contributed by atoms with E-state index >= 15 is 0 Å². The molecule has 1 atom stereocenters. The average Bonchev–Trinajstić information content (AvgIpc) is 3.12. The minimum absolute atomic E-state index is 0.0841. The Labute approximate surface area is 154 Å². The number of sulfonamides is 1. The number of Topliss-reactive ketones (excluding diaryl/α,β-unsaturated/α-hetero) is 1. The van der Waals surface area contributed by atoms with E-state index in [1.807, 2.05) is 25.1 Å². The van der Waals surface area contributed by atoms with Crippen molar-refractivity contribution < 1.29 is 17.9 Å². The van der Waals surface area contributed by atoms with Gasteiger partial charge >= 0.3 is 0 Å². The highest BCUT2D eigenvalue weighted by molar-refractivity contribution is 7.88. The van der Waals surface area contributed by atoms with Gasteiger partial charge in [-0.1, -0.05) is 30.3 Å². The van der Waals surface area contributed by atoms with Crippen LogP contribution in [0.15, 0.2) is 48.5 Å². The number of benzene rings is 2. The maximum absolute atomic E-state index is 13.0. The minimum atomic E-state index is -3.55. The van der Waals surface area contributed by atoms with Crippen LogP contribution in [0.1, 0.15) is 34.3 Å². The second kappa shape index (κ2) is 7.60. The zero-order valence-corrected chi connectivity index (χ0v) is 15.8. The van der Waals surface area contributed by atoms with Crippen LogP contribution < -0.4 is 4.74 Å². The Kier molecular flexibility index (Phi) is 5.44. The van der Waals surface area contributed by atoms with E-state index in [0.717, 1.165) is 11.1 Å². The van der Waals surface area contributed by atoms with E-state index in [1.165, 1.54) is 4.31 Å². The lowest BCUT2D eigenvalue weighted by Gasteiger charge is -2.23. The van der Waals surface area contributed by atoms with Crippen molar-refractivity contribution in [2.75, 3.05) is 13.7 Å². The van der Waals surface area contributed by atoms with E-state index in [2.05, 4.69) is 0 Å². The summed E-state index contributed by atoms with van der Waals surface area (Å²) in [6.07, 6.45) is 1.25. The quantitative estimate of drug-likeness (QED) is 0.730. The molecule has 6 heteroatoms. The molecule has 26 heavy (non-hydrogen) atoms. The number of rotatable bonds is 6. The first kappa shape index (κ1) is 18.6. The summed E-state index contributed by atoms with van der Waals surface area (Å²) >= 11 is 0. The molecule has 1 aliphatic rings. The average molecular weight is 373 g/mol. The van der Waals surface area contributed by atoms with Gasteiger partial charge in [0.1, 0.15) is 5.75 Å². The van der Waals surface area contributed by atoms with Gasteiger partial charge in [0.15, 0.2) is 5.78 Å². The van der Waals surface area contributed by atoms with Crippen LogP contribution in [0.4, 0.5) is 0 Å². The van der Waals surface area contributed by atoms with Crippen molar-refractivity contribution in [3.63, 3.8) is 0 Å². The number of aryl methyl sites for hydroxylation is 1. The number of nitrogens with zero attached hydrogens (tertiary/aromatic N) is 1. The number of carbonyl (C=O) groups is 1. The van der Waals surface area contributed by atoms with Crippen molar-refractivity contribution in [1.29, 1.82) is 0 Å². The number of carbonyl (C=O) groups excluding carboxylic acids is 1. The molecular formula is C20H23NO4S. The molecule has 0 saturated carbocycles. The summed E-state index contributed by atoms with van der Waals surface area (Å²) in [6.45, 7) is 2.26. The summed E-state index contributed by atoms with van der Waals surface area (Å²) in [6, 6.07) is 13.7. The Bertz CT molecular complexity index is 893. The molecule has 138 valence electrons. The molecule has 0 amide bonds. The van der Waals surface area contributed by atoms with Crippen LogP contribution in [-0.4, -0.2) is 38.2 Å². The predicted molar refractivity (Wildman–Crippen MR) is 101 cm³/mol. The van der Waals surface area contributed by atoms with Gasteiger partial charge in [-0.25, -0.2) is 8.42 Å². The highest BCUT2D eigenvalue weighted by atomic mass is 32.2. The lowest BCUT2D eigenvalue weighted by atomic mass is 10.0. The van der Waals surface area contributed by atoms with Crippen LogP contribution in [0.2, 0.25) is 0 Å². The molecule has 0 spiro atoms. The first-order chi connectivity index (χ1) is 12.4. The molecular weight excluding hydrogens is 350 g/mol. The van der Waals surface area contributed by atoms with E-state index in [0.29, 0.717) is 30.7 Å². The van der Waals surface area contributed by atoms with Crippen LogP contribution in [-0.2, 0) is 15.8 Å². The van der Waals surface area contributed by atoms with Gasteiger partial charge in [0.05, 0.1) is 18.9 Å². The molecule has 0 aromatic heterocycles. The molecule has 2 aromatic carbocycles. The summed E-state index contributed by atoms with van der Waals surface area (Å²) in [5.41, 5.74) is 2.11. The van der Waals surface area contributed by atoms with E-state index < -0.39 is 16.1 Å². The molecule has 3 rings (SSSR count). The molecule has 2 aromatic rings. The Hall–Kier alpha value is -2.18. The molecule has 1 unspecified atom stereocenters. The topological polar surface area (TPSA) is 63.7 Å². The van der Waals surface area contributed by atoms with E-state index in [4.69, 9.17) is 4.74 Å². The van der Waals surface area contributed by atoms with Crippen molar-refractivity contribution in [3.8, 4) is 5.75 Å². The maximum Gasteiger partial charge on any atom is 0.218 e. The Balaban J connectivity index is 1.83. The first-order valence-corrected chi connectivity index (χ1v) is 10.3. The third-order valence-corrected chi connectivity index (χ3v) is 6.58. The Morgan fingerprint density at radius 2 is 1.92 bits per heavy atom. The van der Waals surface area contributed by atoms with Crippen molar-refractivity contribution in [2.45, 2.75) is 31.6 Å². The lowest BCUT2D eigenvalue weighted by molar-refractivity contribution is 0.0918. The normalized spacial score (nSPS) is 18.0. The number of methoxy groups -OCH3 is 1. The molecule has 5 nitrogen and oxygen atoms in total. The van der Waals surface area contributed by atoms with Gasteiger partial charge in [0, 0.05) is 12.1 Å². The van der Waals surface area contributed by atoms with Gasteiger partial charge in [-0.3, -0.25) is 4.79 Å². The molecule has 1 fully saturated rings. The van der Waals surface area contributed by atoms with Gasteiger partial charge in [0.2, 0.25) is 10.0 Å². The molecule has 1 saturated heterocycles. The van der Waals surface area contributed by atoms with Crippen LogP contribution in [0.25, 0.3) is 0 Å². The fourth-order valence-electron chi connectivity index (χ4n) is 3.43. The second-order valence-electron chi connectivity index (χ2n) is 6.56.